The fourth-order valence-corrected chi connectivity index (χ4v) is 2.64. The first-order chi connectivity index (χ1) is 12.8. The highest BCUT2D eigenvalue weighted by Crippen LogP contribution is 2.14. The monoisotopic (exact) mass is 370 g/mol. The van der Waals surface area contributed by atoms with E-state index in [9.17, 15) is 14.4 Å². The molecule has 1 aromatic carbocycles. The molecule has 1 heterocycles. The maximum absolute atomic E-state index is 12.8. The van der Waals surface area contributed by atoms with Crippen LogP contribution < -0.4 is 10.9 Å². The topological polar surface area (TPSA) is 74.7 Å². The number of rotatable bonds is 7. The molecule has 0 saturated carbocycles. The van der Waals surface area contributed by atoms with Crippen LogP contribution in [-0.4, -0.2) is 60.9 Å². The van der Waals surface area contributed by atoms with Gasteiger partial charge in [0.1, 0.15) is 12.1 Å². The van der Waals surface area contributed by atoms with Crippen LogP contribution in [0.4, 0.5) is 0 Å². The molecule has 0 fully saturated rings. The van der Waals surface area contributed by atoms with Crippen molar-refractivity contribution in [1.82, 2.24) is 19.7 Å². The Bertz CT molecular complexity index is 844. The maximum Gasteiger partial charge on any atom is 0.263 e. The molecule has 2 rings (SSSR count). The van der Waals surface area contributed by atoms with Gasteiger partial charge in [-0.15, -0.1) is 0 Å². The SMILES string of the molecule is CN(C)CC(NC(=O)c1cccn(CC(=O)N(C)C)c1=O)c1ccccc1. The third kappa shape index (κ3) is 5.52. The molecule has 1 aromatic heterocycles. The average molecular weight is 370 g/mol. The highest BCUT2D eigenvalue weighted by molar-refractivity contribution is 5.94. The number of hydrogen-bond acceptors (Lipinski definition) is 4. The summed E-state index contributed by atoms with van der Waals surface area (Å²) in [5.41, 5.74) is 0.490. The fourth-order valence-electron chi connectivity index (χ4n) is 2.64. The molecule has 0 aliphatic carbocycles. The third-order valence-electron chi connectivity index (χ3n) is 4.12. The lowest BCUT2D eigenvalue weighted by Gasteiger charge is -2.23. The summed E-state index contributed by atoms with van der Waals surface area (Å²) in [6.07, 6.45) is 1.51. The van der Waals surface area contributed by atoms with Crippen LogP contribution in [0.5, 0.6) is 0 Å². The molecule has 7 heteroatoms. The van der Waals surface area contributed by atoms with Crippen LogP contribution in [0, 0.1) is 0 Å². The van der Waals surface area contributed by atoms with Crippen LogP contribution in [-0.2, 0) is 11.3 Å². The predicted molar refractivity (Wildman–Crippen MR) is 105 cm³/mol. The summed E-state index contributed by atoms with van der Waals surface area (Å²) < 4.78 is 1.25. The van der Waals surface area contributed by atoms with Gasteiger partial charge in [-0.3, -0.25) is 14.4 Å². The molecular weight excluding hydrogens is 344 g/mol. The maximum atomic E-state index is 12.8. The highest BCUT2D eigenvalue weighted by Gasteiger charge is 2.19. The summed E-state index contributed by atoms with van der Waals surface area (Å²) in [6.45, 7) is 0.489. The van der Waals surface area contributed by atoms with E-state index in [4.69, 9.17) is 0 Å². The van der Waals surface area contributed by atoms with Crippen LogP contribution >= 0.6 is 0 Å². The smallest absolute Gasteiger partial charge is 0.263 e. The Balaban J connectivity index is 2.25. The van der Waals surface area contributed by atoms with E-state index in [0.717, 1.165) is 5.56 Å². The number of likely N-dealkylation sites (N-methyl/N-ethyl adjacent to an activating group) is 2. The van der Waals surface area contributed by atoms with Crippen LogP contribution in [0.15, 0.2) is 53.5 Å². The van der Waals surface area contributed by atoms with Crippen molar-refractivity contribution in [2.24, 2.45) is 0 Å². The van der Waals surface area contributed by atoms with E-state index >= 15 is 0 Å². The van der Waals surface area contributed by atoms with Crippen molar-refractivity contribution in [3.05, 3.63) is 70.1 Å². The van der Waals surface area contributed by atoms with Gasteiger partial charge in [0.15, 0.2) is 0 Å². The van der Waals surface area contributed by atoms with Gasteiger partial charge in [-0.1, -0.05) is 30.3 Å². The van der Waals surface area contributed by atoms with Crippen LogP contribution in [0.3, 0.4) is 0 Å². The van der Waals surface area contributed by atoms with Crippen LogP contribution in [0.25, 0.3) is 0 Å². The summed E-state index contributed by atoms with van der Waals surface area (Å²) in [6, 6.07) is 12.4. The summed E-state index contributed by atoms with van der Waals surface area (Å²) in [5, 5.41) is 2.94. The molecule has 2 amide bonds. The molecule has 0 aliphatic heterocycles. The number of aromatic nitrogens is 1. The van der Waals surface area contributed by atoms with Gasteiger partial charge in [-0.2, -0.15) is 0 Å². The largest absolute Gasteiger partial charge is 0.347 e. The van der Waals surface area contributed by atoms with Crippen molar-refractivity contribution in [2.75, 3.05) is 34.7 Å². The van der Waals surface area contributed by atoms with Gasteiger partial charge in [-0.25, -0.2) is 0 Å². The molecule has 1 atom stereocenters. The highest BCUT2D eigenvalue weighted by atomic mass is 16.2. The number of carbonyl (C=O) groups excluding carboxylic acids is 2. The molecule has 1 N–H and O–H groups in total. The van der Waals surface area contributed by atoms with Crippen molar-refractivity contribution < 1.29 is 9.59 Å². The van der Waals surface area contributed by atoms with Gasteiger partial charge in [0.25, 0.3) is 11.5 Å². The first kappa shape index (κ1) is 20.4. The zero-order chi connectivity index (χ0) is 20.0. The minimum atomic E-state index is -0.484. The van der Waals surface area contributed by atoms with Crippen LogP contribution in [0.1, 0.15) is 22.0 Å². The second-order valence-electron chi connectivity index (χ2n) is 6.84. The fraction of sp³-hybridized carbons (Fsp3) is 0.350. The van der Waals surface area contributed by atoms with Crippen LogP contribution in [0.2, 0.25) is 0 Å². The molecule has 1 unspecified atom stereocenters. The Morgan fingerprint density at radius 3 is 2.30 bits per heavy atom. The number of carbonyl (C=O) groups is 2. The molecule has 0 saturated heterocycles. The van der Waals surface area contributed by atoms with E-state index in [0.29, 0.717) is 6.54 Å². The van der Waals surface area contributed by atoms with E-state index in [1.807, 2.05) is 49.3 Å². The molecule has 0 bridgehead atoms. The molecule has 7 nitrogen and oxygen atoms in total. The minimum absolute atomic E-state index is 0.0174. The third-order valence-corrected chi connectivity index (χ3v) is 4.12. The second kappa shape index (κ2) is 9.14. The summed E-state index contributed by atoms with van der Waals surface area (Å²) in [4.78, 5) is 40.7. The lowest BCUT2D eigenvalue weighted by molar-refractivity contribution is -0.129. The van der Waals surface area contributed by atoms with E-state index in [1.165, 1.54) is 21.7 Å². The molecular formula is C20H26N4O3. The average Bonchev–Trinajstić information content (AvgIpc) is 2.63. The summed E-state index contributed by atoms with van der Waals surface area (Å²) in [5.74, 6) is -0.674. The van der Waals surface area contributed by atoms with Gasteiger partial charge in [0.2, 0.25) is 5.91 Å². The number of hydrogen-bond donors (Lipinski definition) is 1. The van der Waals surface area contributed by atoms with E-state index < -0.39 is 11.5 Å². The van der Waals surface area contributed by atoms with E-state index in [2.05, 4.69) is 5.32 Å². The van der Waals surface area contributed by atoms with Gasteiger partial charge in [0, 0.05) is 26.8 Å². The van der Waals surface area contributed by atoms with E-state index in [-0.39, 0.29) is 24.1 Å². The van der Waals surface area contributed by atoms with Gasteiger partial charge < -0.3 is 19.7 Å². The van der Waals surface area contributed by atoms with Crippen molar-refractivity contribution in [1.29, 1.82) is 0 Å². The lowest BCUT2D eigenvalue weighted by atomic mass is 10.1. The van der Waals surface area contributed by atoms with Gasteiger partial charge >= 0.3 is 0 Å². The Morgan fingerprint density at radius 1 is 1.04 bits per heavy atom. The zero-order valence-electron chi connectivity index (χ0n) is 16.2. The number of pyridine rings is 1. The summed E-state index contributed by atoms with van der Waals surface area (Å²) >= 11 is 0. The minimum Gasteiger partial charge on any atom is -0.347 e. The number of nitrogens with zero attached hydrogens (tertiary/aromatic N) is 3. The van der Waals surface area contributed by atoms with Gasteiger partial charge in [-0.05, 0) is 31.8 Å². The van der Waals surface area contributed by atoms with E-state index in [1.54, 1.807) is 20.2 Å². The molecule has 2 aromatic rings. The Labute approximate surface area is 159 Å². The molecule has 144 valence electrons. The molecule has 27 heavy (non-hydrogen) atoms. The van der Waals surface area contributed by atoms with Crippen molar-refractivity contribution in [3.63, 3.8) is 0 Å². The first-order valence-corrected chi connectivity index (χ1v) is 8.69. The van der Waals surface area contributed by atoms with Crippen molar-refractivity contribution in [2.45, 2.75) is 12.6 Å². The number of nitrogens with one attached hydrogen (secondary N) is 1. The van der Waals surface area contributed by atoms with Gasteiger partial charge in [0.05, 0.1) is 6.04 Å². The molecule has 0 aliphatic rings. The number of amides is 2. The Hall–Kier alpha value is -2.93. The lowest BCUT2D eigenvalue weighted by Crippen LogP contribution is -2.39. The first-order valence-electron chi connectivity index (χ1n) is 8.69. The quantitative estimate of drug-likeness (QED) is 0.788. The Kier molecular flexibility index (Phi) is 6.90. The Morgan fingerprint density at radius 2 is 1.70 bits per heavy atom. The second-order valence-corrected chi connectivity index (χ2v) is 6.84. The standard InChI is InChI=1S/C20H26N4O3/c1-22(2)13-17(15-9-6-5-7-10-15)21-19(26)16-11-8-12-24(20(16)27)14-18(25)23(3)4/h5-12,17H,13-14H2,1-4H3,(H,21,26). The van der Waals surface area contributed by atoms with Crippen molar-refractivity contribution >= 4 is 11.8 Å². The number of benzene rings is 1. The molecule has 0 spiro atoms. The normalized spacial score (nSPS) is 11.9. The summed E-state index contributed by atoms with van der Waals surface area (Å²) in [7, 11) is 7.08. The molecule has 0 radical (unpaired) electrons. The zero-order valence-corrected chi connectivity index (χ0v) is 16.2. The van der Waals surface area contributed by atoms with Crippen molar-refractivity contribution in [3.8, 4) is 0 Å². The predicted octanol–water partition coefficient (Wildman–Crippen LogP) is 0.969.